The molecule has 0 amide bonds. The summed E-state index contributed by atoms with van der Waals surface area (Å²) in [5.41, 5.74) is 0.837. The van der Waals surface area contributed by atoms with Crippen LogP contribution in [0, 0.1) is 0 Å². The predicted octanol–water partition coefficient (Wildman–Crippen LogP) is 3.65. The van der Waals surface area contributed by atoms with Gasteiger partial charge in [-0.1, -0.05) is 32.0 Å². The highest BCUT2D eigenvalue weighted by Gasteiger charge is 2.09. The van der Waals surface area contributed by atoms with Gasteiger partial charge in [0.05, 0.1) is 6.20 Å². The lowest BCUT2D eigenvalue weighted by Gasteiger charge is -2.07. The van der Waals surface area contributed by atoms with Crippen LogP contribution in [0.4, 0.5) is 0 Å². The van der Waals surface area contributed by atoms with Crippen molar-refractivity contribution in [2.45, 2.75) is 19.8 Å². The number of hydrogen-bond acceptors (Lipinski definition) is 3. The van der Waals surface area contributed by atoms with E-state index in [2.05, 4.69) is 24.0 Å². The summed E-state index contributed by atoms with van der Waals surface area (Å²) < 4.78 is 7.79. The van der Waals surface area contributed by atoms with E-state index in [1.807, 2.05) is 53.1 Å². The van der Waals surface area contributed by atoms with Gasteiger partial charge in [-0.25, -0.2) is 0 Å². The summed E-state index contributed by atoms with van der Waals surface area (Å²) in [6, 6.07) is 13.5. The van der Waals surface area contributed by atoms with Crippen LogP contribution in [0.5, 0.6) is 11.5 Å². The zero-order valence-electron chi connectivity index (χ0n) is 10.9. The van der Waals surface area contributed by atoms with Crippen LogP contribution in [0.2, 0.25) is 0 Å². The highest BCUT2D eigenvalue weighted by Crippen LogP contribution is 2.23. The maximum absolute atomic E-state index is 5.81. The average molecular weight is 253 g/mol. The Morgan fingerprint density at radius 3 is 2.47 bits per heavy atom. The third kappa shape index (κ3) is 2.29. The third-order valence-corrected chi connectivity index (χ3v) is 2.90. The molecule has 0 N–H and O–H groups in total. The van der Waals surface area contributed by atoms with Crippen molar-refractivity contribution < 1.29 is 4.74 Å². The molecule has 3 aromatic rings. The molecular formula is C15H15N3O. The van der Waals surface area contributed by atoms with E-state index in [4.69, 9.17) is 4.74 Å². The van der Waals surface area contributed by atoms with Gasteiger partial charge in [0, 0.05) is 5.92 Å². The zero-order chi connectivity index (χ0) is 13.2. The second-order valence-electron chi connectivity index (χ2n) is 4.72. The lowest BCUT2D eigenvalue weighted by molar-refractivity contribution is 0.479. The van der Waals surface area contributed by atoms with Crippen LogP contribution < -0.4 is 4.74 Å². The molecule has 0 atom stereocenters. The van der Waals surface area contributed by atoms with Crippen LogP contribution >= 0.6 is 0 Å². The Balaban J connectivity index is 1.99. The van der Waals surface area contributed by atoms with Crippen molar-refractivity contribution in [2.24, 2.45) is 0 Å². The Labute approximate surface area is 111 Å². The predicted molar refractivity (Wildman–Crippen MR) is 73.6 cm³/mol. The van der Waals surface area contributed by atoms with Gasteiger partial charge in [0.2, 0.25) is 0 Å². The smallest absolute Gasteiger partial charge is 0.161 e. The second kappa shape index (κ2) is 4.72. The third-order valence-electron chi connectivity index (χ3n) is 2.90. The van der Waals surface area contributed by atoms with Crippen LogP contribution in [-0.4, -0.2) is 14.6 Å². The fraction of sp³-hybridized carbons (Fsp3) is 0.200. The average Bonchev–Trinajstić information content (AvgIpc) is 2.83. The van der Waals surface area contributed by atoms with E-state index in [0.717, 1.165) is 23.0 Å². The maximum Gasteiger partial charge on any atom is 0.161 e. The first-order valence-corrected chi connectivity index (χ1v) is 6.31. The Morgan fingerprint density at radius 1 is 0.947 bits per heavy atom. The second-order valence-corrected chi connectivity index (χ2v) is 4.72. The first-order chi connectivity index (χ1) is 9.24. The van der Waals surface area contributed by atoms with Crippen molar-refractivity contribution in [3.05, 3.63) is 54.5 Å². The monoisotopic (exact) mass is 253 g/mol. The molecule has 0 aliphatic carbocycles. The number of fused-ring (bicyclic) bond motifs is 1. The molecule has 0 aliphatic rings. The highest BCUT2D eigenvalue weighted by molar-refractivity contribution is 5.43. The van der Waals surface area contributed by atoms with Crippen molar-refractivity contribution >= 4 is 5.65 Å². The summed E-state index contributed by atoms with van der Waals surface area (Å²) in [4.78, 5) is 0. The summed E-state index contributed by atoms with van der Waals surface area (Å²) in [7, 11) is 0. The molecule has 2 heterocycles. The Kier molecular flexibility index (Phi) is 2.91. The quantitative estimate of drug-likeness (QED) is 0.715. The Morgan fingerprint density at radius 2 is 1.74 bits per heavy atom. The number of rotatable bonds is 3. The first kappa shape index (κ1) is 11.7. The van der Waals surface area contributed by atoms with Gasteiger partial charge < -0.3 is 4.74 Å². The first-order valence-electron chi connectivity index (χ1n) is 6.31. The van der Waals surface area contributed by atoms with Gasteiger partial charge in [-0.2, -0.15) is 0 Å². The molecule has 4 heteroatoms. The lowest BCUT2D eigenvalue weighted by atomic mass is 10.2. The van der Waals surface area contributed by atoms with E-state index in [1.54, 1.807) is 0 Å². The van der Waals surface area contributed by atoms with Gasteiger partial charge in [-0.15, -0.1) is 10.2 Å². The van der Waals surface area contributed by atoms with Crippen LogP contribution in [0.15, 0.2) is 48.7 Å². The van der Waals surface area contributed by atoms with E-state index < -0.39 is 0 Å². The molecule has 0 spiro atoms. The van der Waals surface area contributed by atoms with Gasteiger partial charge >= 0.3 is 0 Å². The number of pyridine rings is 1. The molecule has 3 rings (SSSR count). The molecule has 0 saturated heterocycles. The number of hydrogen-bond donors (Lipinski definition) is 0. The largest absolute Gasteiger partial charge is 0.456 e. The molecule has 0 bridgehead atoms. The van der Waals surface area contributed by atoms with E-state index >= 15 is 0 Å². The van der Waals surface area contributed by atoms with Crippen LogP contribution in [0.1, 0.15) is 25.6 Å². The van der Waals surface area contributed by atoms with Gasteiger partial charge in [-0.05, 0) is 24.3 Å². The normalized spacial score (nSPS) is 11.1. The SMILES string of the molecule is CC(C)c1nnc2ccc(Oc3ccccc3)cn12. The summed E-state index contributed by atoms with van der Waals surface area (Å²) in [6.07, 6.45) is 1.93. The van der Waals surface area contributed by atoms with E-state index in [1.165, 1.54) is 0 Å². The van der Waals surface area contributed by atoms with E-state index in [0.29, 0.717) is 5.92 Å². The molecule has 96 valence electrons. The van der Waals surface area contributed by atoms with Crippen LogP contribution in [0.25, 0.3) is 5.65 Å². The van der Waals surface area contributed by atoms with Gasteiger partial charge in [0.1, 0.15) is 17.3 Å². The lowest BCUT2D eigenvalue weighted by Crippen LogP contribution is -1.97. The van der Waals surface area contributed by atoms with Gasteiger partial charge in [0.15, 0.2) is 5.65 Å². The minimum atomic E-state index is 0.321. The number of aromatic nitrogens is 3. The van der Waals surface area contributed by atoms with Crippen molar-refractivity contribution in [1.29, 1.82) is 0 Å². The van der Waals surface area contributed by atoms with Crippen molar-refractivity contribution in [1.82, 2.24) is 14.6 Å². The molecule has 0 radical (unpaired) electrons. The minimum absolute atomic E-state index is 0.321. The summed E-state index contributed by atoms with van der Waals surface area (Å²) in [5, 5.41) is 8.35. The fourth-order valence-electron chi connectivity index (χ4n) is 1.97. The molecule has 0 aliphatic heterocycles. The van der Waals surface area contributed by atoms with Crippen LogP contribution in [0.3, 0.4) is 0 Å². The molecular weight excluding hydrogens is 238 g/mol. The zero-order valence-corrected chi connectivity index (χ0v) is 10.9. The number of nitrogens with zero attached hydrogens (tertiary/aromatic N) is 3. The summed E-state index contributed by atoms with van der Waals surface area (Å²) >= 11 is 0. The summed E-state index contributed by atoms with van der Waals surface area (Å²) in [5.74, 6) is 2.86. The molecule has 0 fully saturated rings. The molecule has 4 nitrogen and oxygen atoms in total. The molecule has 19 heavy (non-hydrogen) atoms. The topological polar surface area (TPSA) is 39.4 Å². The number of para-hydroxylation sites is 1. The Hall–Kier alpha value is -2.36. The standard InChI is InChI=1S/C15H15N3O/c1-11(2)15-17-16-14-9-8-13(10-18(14)15)19-12-6-4-3-5-7-12/h3-11H,1-2H3. The molecule has 0 unspecified atom stereocenters. The summed E-state index contributed by atoms with van der Waals surface area (Å²) in [6.45, 7) is 4.20. The van der Waals surface area contributed by atoms with Crippen LogP contribution in [-0.2, 0) is 0 Å². The van der Waals surface area contributed by atoms with Crippen molar-refractivity contribution in [3.63, 3.8) is 0 Å². The fourth-order valence-corrected chi connectivity index (χ4v) is 1.97. The number of ether oxygens (including phenoxy) is 1. The maximum atomic E-state index is 5.81. The molecule has 0 saturated carbocycles. The van der Waals surface area contributed by atoms with Gasteiger partial charge in [0.25, 0.3) is 0 Å². The van der Waals surface area contributed by atoms with Crippen molar-refractivity contribution in [3.8, 4) is 11.5 Å². The highest BCUT2D eigenvalue weighted by atomic mass is 16.5. The molecule has 1 aromatic carbocycles. The minimum Gasteiger partial charge on any atom is -0.456 e. The van der Waals surface area contributed by atoms with E-state index in [-0.39, 0.29) is 0 Å². The van der Waals surface area contributed by atoms with Crippen molar-refractivity contribution in [2.75, 3.05) is 0 Å². The Bertz CT molecular complexity index is 689. The van der Waals surface area contributed by atoms with E-state index in [9.17, 15) is 0 Å². The molecule has 2 aromatic heterocycles. The van der Waals surface area contributed by atoms with Gasteiger partial charge in [-0.3, -0.25) is 4.40 Å². The number of benzene rings is 1.